The van der Waals surface area contributed by atoms with E-state index in [1.165, 1.54) is 4.31 Å². The van der Waals surface area contributed by atoms with Crippen molar-refractivity contribution >= 4 is 10.2 Å². The van der Waals surface area contributed by atoms with Gasteiger partial charge in [0.25, 0.3) is 10.2 Å². The van der Waals surface area contributed by atoms with Crippen molar-refractivity contribution < 1.29 is 8.42 Å². The molecule has 1 fully saturated rings. The molecule has 0 aliphatic carbocycles. The lowest BCUT2D eigenvalue weighted by Crippen LogP contribution is -2.47. The van der Waals surface area contributed by atoms with E-state index in [0.29, 0.717) is 24.7 Å². The second-order valence-electron chi connectivity index (χ2n) is 5.68. The maximum absolute atomic E-state index is 12.9. The molecule has 0 saturated carbocycles. The Bertz CT molecular complexity index is 612. The number of hydrogen-bond donors (Lipinski definition) is 0. The molecule has 120 valence electrons. The Morgan fingerprint density at radius 3 is 2.95 bits per heavy atom. The van der Waals surface area contributed by atoms with Crippen LogP contribution in [0.4, 0.5) is 0 Å². The lowest BCUT2D eigenvalue weighted by atomic mass is 10.0. The van der Waals surface area contributed by atoms with Crippen LogP contribution in [0.2, 0.25) is 0 Å². The van der Waals surface area contributed by atoms with Crippen LogP contribution in [0, 0.1) is 17.2 Å². The highest BCUT2D eigenvalue weighted by Crippen LogP contribution is 2.21. The molecule has 1 aliphatic heterocycles. The third-order valence-electron chi connectivity index (χ3n) is 3.81. The van der Waals surface area contributed by atoms with Gasteiger partial charge in [0.15, 0.2) is 0 Å². The molecule has 22 heavy (non-hydrogen) atoms. The first kappa shape index (κ1) is 16.9. The van der Waals surface area contributed by atoms with Crippen LogP contribution in [0.3, 0.4) is 0 Å². The molecule has 2 heterocycles. The van der Waals surface area contributed by atoms with Crippen molar-refractivity contribution in [1.82, 2.24) is 13.6 Å². The van der Waals surface area contributed by atoms with Crippen LogP contribution in [-0.4, -0.2) is 41.6 Å². The molecule has 0 radical (unpaired) electrons. The van der Waals surface area contributed by atoms with Gasteiger partial charge in [0.1, 0.15) is 0 Å². The van der Waals surface area contributed by atoms with Crippen LogP contribution in [0.15, 0.2) is 24.4 Å². The number of aromatic nitrogens is 1. The second kappa shape index (κ2) is 7.68. The number of piperidine rings is 1. The van der Waals surface area contributed by atoms with E-state index in [2.05, 4.69) is 11.9 Å². The average Bonchev–Trinajstić information content (AvgIpc) is 2.52. The number of pyridine rings is 1. The van der Waals surface area contributed by atoms with E-state index in [9.17, 15) is 8.42 Å². The van der Waals surface area contributed by atoms with Gasteiger partial charge in [-0.05, 0) is 30.9 Å². The minimum Gasteiger partial charge on any atom is -0.260 e. The number of hydrogen-bond acceptors (Lipinski definition) is 4. The molecule has 1 aromatic heterocycles. The molecule has 6 nitrogen and oxygen atoms in total. The molecule has 0 amide bonds. The third kappa shape index (κ3) is 4.26. The smallest absolute Gasteiger partial charge is 0.260 e. The van der Waals surface area contributed by atoms with Crippen LogP contribution in [-0.2, 0) is 16.8 Å². The first-order valence-corrected chi connectivity index (χ1v) is 8.96. The van der Waals surface area contributed by atoms with Crippen LogP contribution >= 0.6 is 0 Å². The molecule has 0 bridgehead atoms. The fourth-order valence-corrected chi connectivity index (χ4v) is 4.39. The van der Waals surface area contributed by atoms with Gasteiger partial charge < -0.3 is 0 Å². The molecule has 0 unspecified atom stereocenters. The summed E-state index contributed by atoms with van der Waals surface area (Å²) >= 11 is 0. The van der Waals surface area contributed by atoms with E-state index >= 15 is 0 Å². The predicted octanol–water partition coefficient (Wildman–Crippen LogP) is 1.77. The van der Waals surface area contributed by atoms with Gasteiger partial charge in [-0.25, -0.2) is 0 Å². The maximum atomic E-state index is 12.9. The summed E-state index contributed by atoms with van der Waals surface area (Å²) in [5.41, 5.74) is 0.689. The molecular weight excluding hydrogens is 300 g/mol. The summed E-state index contributed by atoms with van der Waals surface area (Å²) in [6.07, 6.45) is 3.77. The van der Waals surface area contributed by atoms with Gasteiger partial charge in [0, 0.05) is 32.3 Å². The van der Waals surface area contributed by atoms with Gasteiger partial charge >= 0.3 is 0 Å². The Hall–Kier alpha value is -1.49. The van der Waals surface area contributed by atoms with Crippen LogP contribution in [0.5, 0.6) is 0 Å². The van der Waals surface area contributed by atoms with Crippen molar-refractivity contribution in [2.75, 3.05) is 19.6 Å². The van der Waals surface area contributed by atoms with Gasteiger partial charge in [0.2, 0.25) is 0 Å². The Kier molecular flexibility index (Phi) is 5.89. The lowest BCUT2D eigenvalue weighted by Gasteiger charge is -2.34. The monoisotopic (exact) mass is 322 g/mol. The molecule has 1 aromatic rings. The van der Waals surface area contributed by atoms with Crippen molar-refractivity contribution in [2.24, 2.45) is 5.92 Å². The summed E-state index contributed by atoms with van der Waals surface area (Å²) in [6, 6.07) is 7.45. The minimum atomic E-state index is -3.55. The lowest BCUT2D eigenvalue weighted by molar-refractivity contribution is 0.256. The molecule has 0 N–H and O–H groups in total. The van der Waals surface area contributed by atoms with E-state index in [1.807, 2.05) is 12.1 Å². The quantitative estimate of drug-likeness (QED) is 0.800. The highest BCUT2D eigenvalue weighted by molar-refractivity contribution is 7.86. The van der Waals surface area contributed by atoms with E-state index < -0.39 is 10.2 Å². The zero-order valence-corrected chi connectivity index (χ0v) is 13.7. The largest absolute Gasteiger partial charge is 0.282 e. The standard InChI is InChI=1S/C15H22N4O2S/c1-14-6-4-10-18(12-14)22(20,21)19(11-5-8-16)13-15-7-2-3-9-17-15/h2-3,7,9,14H,4-6,10-13H2,1H3/t14-/m0/s1. The first-order valence-electron chi connectivity index (χ1n) is 7.56. The van der Waals surface area contributed by atoms with Crippen LogP contribution in [0.25, 0.3) is 0 Å². The third-order valence-corrected chi connectivity index (χ3v) is 5.76. The average molecular weight is 322 g/mol. The van der Waals surface area contributed by atoms with Crippen LogP contribution in [0.1, 0.15) is 31.9 Å². The molecule has 1 saturated heterocycles. The summed E-state index contributed by atoms with van der Waals surface area (Å²) < 4.78 is 28.6. The number of nitrogens with zero attached hydrogens (tertiary/aromatic N) is 4. The molecule has 0 aromatic carbocycles. The van der Waals surface area contributed by atoms with E-state index in [0.717, 1.165) is 12.8 Å². The Labute approximate surface area is 132 Å². The maximum Gasteiger partial charge on any atom is 0.282 e. The summed E-state index contributed by atoms with van der Waals surface area (Å²) in [5, 5.41) is 8.80. The van der Waals surface area contributed by atoms with Crippen molar-refractivity contribution in [3.8, 4) is 6.07 Å². The van der Waals surface area contributed by atoms with Crippen LogP contribution < -0.4 is 0 Å². The van der Waals surface area contributed by atoms with Gasteiger partial charge in [-0.2, -0.15) is 22.3 Å². The minimum absolute atomic E-state index is 0.176. The second-order valence-corrected chi connectivity index (χ2v) is 7.60. The highest BCUT2D eigenvalue weighted by atomic mass is 32.2. The fourth-order valence-electron chi connectivity index (χ4n) is 2.64. The summed E-state index contributed by atoms with van der Waals surface area (Å²) in [4.78, 5) is 4.19. The molecule has 0 spiro atoms. The topological polar surface area (TPSA) is 77.3 Å². The van der Waals surface area contributed by atoms with E-state index in [-0.39, 0.29) is 19.5 Å². The molecule has 1 aliphatic rings. The predicted molar refractivity (Wildman–Crippen MR) is 83.8 cm³/mol. The Morgan fingerprint density at radius 2 is 2.32 bits per heavy atom. The van der Waals surface area contributed by atoms with Crippen molar-refractivity contribution in [3.05, 3.63) is 30.1 Å². The summed E-state index contributed by atoms with van der Waals surface area (Å²) in [6.45, 7) is 3.57. The number of nitriles is 1. The summed E-state index contributed by atoms with van der Waals surface area (Å²) in [5.74, 6) is 0.371. The molecular formula is C15H22N4O2S. The molecule has 1 atom stereocenters. The highest BCUT2D eigenvalue weighted by Gasteiger charge is 2.32. The van der Waals surface area contributed by atoms with E-state index in [4.69, 9.17) is 5.26 Å². The SMILES string of the molecule is C[C@H]1CCCN(S(=O)(=O)N(CCC#N)Cc2ccccn2)C1. The van der Waals surface area contributed by atoms with Gasteiger partial charge in [-0.3, -0.25) is 4.98 Å². The van der Waals surface area contributed by atoms with Crippen molar-refractivity contribution in [3.63, 3.8) is 0 Å². The summed E-state index contributed by atoms with van der Waals surface area (Å²) in [7, 11) is -3.55. The molecule has 7 heteroatoms. The van der Waals surface area contributed by atoms with Gasteiger partial charge in [0.05, 0.1) is 18.3 Å². The fraction of sp³-hybridized carbons (Fsp3) is 0.600. The first-order chi connectivity index (χ1) is 10.5. The Balaban J connectivity index is 2.17. The zero-order chi connectivity index (χ0) is 16.0. The van der Waals surface area contributed by atoms with Gasteiger partial charge in [-0.1, -0.05) is 13.0 Å². The normalized spacial score (nSPS) is 20.0. The zero-order valence-electron chi connectivity index (χ0n) is 12.9. The number of rotatable bonds is 6. The van der Waals surface area contributed by atoms with Crippen molar-refractivity contribution in [1.29, 1.82) is 5.26 Å². The molecule has 2 rings (SSSR count). The Morgan fingerprint density at radius 1 is 1.50 bits per heavy atom. The van der Waals surface area contributed by atoms with Crippen molar-refractivity contribution in [2.45, 2.75) is 32.7 Å². The van der Waals surface area contributed by atoms with Gasteiger partial charge in [-0.15, -0.1) is 0 Å². The van der Waals surface area contributed by atoms with E-state index in [1.54, 1.807) is 22.6 Å².